The Morgan fingerprint density at radius 1 is 0.684 bits per heavy atom. The highest BCUT2D eigenvalue weighted by atomic mass is 16.8. The predicted molar refractivity (Wildman–Crippen MR) is 140 cm³/mol. The van der Waals surface area contributed by atoms with Gasteiger partial charge in [0.1, 0.15) is 12.7 Å². The summed E-state index contributed by atoms with van der Waals surface area (Å²) < 4.78 is 28.2. The number of nitrogens with zero attached hydrogens (tertiary/aromatic N) is 2. The Balaban J connectivity index is 3.05. The van der Waals surface area contributed by atoms with Crippen molar-refractivity contribution in [1.82, 2.24) is 9.80 Å². The third-order valence-corrected chi connectivity index (χ3v) is 5.58. The maximum Gasteiger partial charge on any atom is 0.308 e. The number of carbonyl (C=O) groups is 4. The lowest BCUT2D eigenvalue weighted by atomic mass is 10.1. The van der Waals surface area contributed by atoms with Crippen molar-refractivity contribution in [3.63, 3.8) is 0 Å². The Labute approximate surface area is 227 Å². The fourth-order valence-corrected chi connectivity index (χ4v) is 3.77. The minimum Gasteiger partial charge on any atom is -0.463 e. The van der Waals surface area contributed by atoms with Crippen LogP contribution in [0.3, 0.4) is 0 Å². The zero-order valence-corrected chi connectivity index (χ0v) is 24.4. The molecule has 0 aliphatic carbocycles. The maximum absolute atomic E-state index is 12.6. The molecule has 1 aliphatic rings. The van der Waals surface area contributed by atoms with E-state index in [1.54, 1.807) is 0 Å². The van der Waals surface area contributed by atoms with E-state index in [0.717, 1.165) is 6.54 Å². The van der Waals surface area contributed by atoms with Crippen LogP contribution in [0.1, 0.15) is 66.2 Å². The summed E-state index contributed by atoms with van der Waals surface area (Å²) in [7, 11) is 7.63. The third kappa shape index (κ3) is 14.1. The highest BCUT2D eigenvalue weighted by Crippen LogP contribution is 2.30. The van der Waals surface area contributed by atoms with Crippen molar-refractivity contribution in [3.05, 3.63) is 0 Å². The highest BCUT2D eigenvalue weighted by Gasteiger charge is 2.52. The first kappa shape index (κ1) is 33.8. The van der Waals surface area contributed by atoms with Gasteiger partial charge in [0, 0.05) is 25.7 Å². The monoisotopic (exact) mass is 544 g/mol. The third-order valence-electron chi connectivity index (χ3n) is 5.58. The molecule has 1 rings (SSSR count). The molecule has 0 aromatic heterocycles. The highest BCUT2D eigenvalue weighted by molar-refractivity contribution is 5.72. The molecule has 38 heavy (non-hydrogen) atoms. The number of carbonyl (C=O) groups excluding carboxylic acids is 4. The largest absolute Gasteiger partial charge is 0.463 e. The van der Waals surface area contributed by atoms with Crippen LogP contribution in [0.25, 0.3) is 0 Å². The average molecular weight is 545 g/mol. The van der Waals surface area contributed by atoms with Crippen molar-refractivity contribution in [2.24, 2.45) is 11.8 Å². The summed E-state index contributed by atoms with van der Waals surface area (Å²) in [5.41, 5.74) is 0. The summed E-state index contributed by atoms with van der Waals surface area (Å²) in [6.45, 7) is 8.66. The van der Waals surface area contributed by atoms with Crippen LogP contribution in [0, 0.1) is 11.8 Å². The van der Waals surface area contributed by atoms with Crippen LogP contribution in [0.5, 0.6) is 0 Å². The number of hydrogen-bond donors (Lipinski definition) is 0. The Kier molecular flexibility index (Phi) is 15.4. The summed E-state index contributed by atoms with van der Waals surface area (Å²) in [6.07, 6.45) is -2.78. The molecule has 1 saturated heterocycles. The molecule has 0 aromatic rings. The first-order valence-corrected chi connectivity index (χ1v) is 13.5. The molecular weight excluding hydrogens is 496 g/mol. The second kappa shape index (κ2) is 17.4. The fourth-order valence-electron chi connectivity index (χ4n) is 3.77. The van der Waals surface area contributed by atoms with Crippen LogP contribution < -0.4 is 0 Å². The van der Waals surface area contributed by atoms with E-state index in [4.69, 9.17) is 23.7 Å². The van der Waals surface area contributed by atoms with Gasteiger partial charge in [-0.05, 0) is 66.0 Å². The molecule has 0 unspecified atom stereocenters. The number of rotatable bonds is 17. The van der Waals surface area contributed by atoms with Gasteiger partial charge in [-0.1, -0.05) is 27.7 Å². The standard InChI is InChI=1S/C27H48N2O9/c1-18(2)15-23(32)36-25-20(17-34-21(30)11-9-13-28(5)6)35-27(26(25)37-24(33)16-19(3)4)38-22(31)12-10-14-29(7)8/h18-20,25-27H,9-17H2,1-8H3/t20-,25-,26-,27+/m1/s1. The maximum atomic E-state index is 12.6. The molecule has 11 nitrogen and oxygen atoms in total. The molecule has 0 saturated carbocycles. The quantitative estimate of drug-likeness (QED) is 0.198. The normalized spacial score (nSPS) is 21.3. The zero-order valence-electron chi connectivity index (χ0n) is 24.4. The first-order valence-electron chi connectivity index (χ1n) is 13.5. The SMILES string of the molecule is CC(C)CC(=O)O[C@H]1[C@H](OC(=O)CCCN(C)C)O[C@H](COC(=O)CCCN(C)C)[C@H]1OC(=O)CC(C)C. The van der Waals surface area contributed by atoms with Crippen molar-refractivity contribution in [3.8, 4) is 0 Å². The minimum atomic E-state index is -1.30. The molecular formula is C27H48N2O9. The molecule has 0 N–H and O–H groups in total. The molecule has 1 aliphatic heterocycles. The van der Waals surface area contributed by atoms with Gasteiger partial charge in [-0.25, -0.2) is 0 Å². The van der Waals surface area contributed by atoms with Crippen molar-refractivity contribution >= 4 is 23.9 Å². The van der Waals surface area contributed by atoms with Crippen LogP contribution in [0.4, 0.5) is 0 Å². The van der Waals surface area contributed by atoms with Crippen LogP contribution in [0.2, 0.25) is 0 Å². The second-order valence-corrected chi connectivity index (χ2v) is 11.1. The summed E-state index contributed by atoms with van der Waals surface area (Å²) in [6, 6.07) is 0. The first-order chi connectivity index (χ1) is 17.8. The molecule has 0 aromatic carbocycles. The molecule has 11 heteroatoms. The minimum absolute atomic E-state index is 0.0257. The zero-order chi connectivity index (χ0) is 28.8. The van der Waals surface area contributed by atoms with E-state index in [0.29, 0.717) is 19.4 Å². The lowest BCUT2D eigenvalue weighted by molar-refractivity contribution is -0.200. The molecule has 1 fully saturated rings. The Morgan fingerprint density at radius 2 is 1.16 bits per heavy atom. The van der Waals surface area contributed by atoms with Gasteiger partial charge in [-0.3, -0.25) is 19.2 Å². The predicted octanol–water partition coefficient (Wildman–Crippen LogP) is 2.40. The van der Waals surface area contributed by atoms with E-state index in [2.05, 4.69) is 0 Å². The topological polar surface area (TPSA) is 121 Å². The molecule has 0 amide bonds. The smallest absolute Gasteiger partial charge is 0.308 e. The van der Waals surface area contributed by atoms with Crippen LogP contribution >= 0.6 is 0 Å². The van der Waals surface area contributed by atoms with E-state index in [1.807, 2.05) is 65.7 Å². The van der Waals surface area contributed by atoms with Crippen LogP contribution in [-0.4, -0.2) is 106 Å². The molecule has 0 bridgehead atoms. The summed E-state index contributed by atoms with van der Waals surface area (Å²) >= 11 is 0. The molecule has 220 valence electrons. The van der Waals surface area contributed by atoms with Gasteiger partial charge >= 0.3 is 23.9 Å². The Hall–Kier alpha value is -2.24. The van der Waals surface area contributed by atoms with Gasteiger partial charge in [0.15, 0.2) is 6.10 Å². The number of hydrogen-bond acceptors (Lipinski definition) is 11. The van der Waals surface area contributed by atoms with E-state index >= 15 is 0 Å². The van der Waals surface area contributed by atoms with Crippen molar-refractivity contribution in [1.29, 1.82) is 0 Å². The van der Waals surface area contributed by atoms with E-state index < -0.39 is 48.5 Å². The lowest BCUT2D eigenvalue weighted by Crippen LogP contribution is -2.43. The van der Waals surface area contributed by atoms with Gasteiger partial charge < -0.3 is 33.5 Å². The van der Waals surface area contributed by atoms with Gasteiger partial charge in [0.05, 0.1) is 0 Å². The summed E-state index contributed by atoms with van der Waals surface area (Å²) in [5, 5.41) is 0. The van der Waals surface area contributed by atoms with Gasteiger partial charge in [-0.15, -0.1) is 0 Å². The van der Waals surface area contributed by atoms with E-state index in [-0.39, 0.29) is 44.1 Å². The van der Waals surface area contributed by atoms with Crippen molar-refractivity contribution in [2.45, 2.75) is 90.8 Å². The second-order valence-electron chi connectivity index (χ2n) is 11.1. The van der Waals surface area contributed by atoms with Crippen molar-refractivity contribution < 1.29 is 42.9 Å². The summed E-state index contributed by atoms with van der Waals surface area (Å²) in [4.78, 5) is 53.9. The van der Waals surface area contributed by atoms with Gasteiger partial charge in [0.2, 0.25) is 12.4 Å². The fraction of sp³-hybridized carbons (Fsp3) is 0.852. The Morgan fingerprint density at radius 3 is 1.63 bits per heavy atom. The van der Waals surface area contributed by atoms with Crippen LogP contribution in [-0.2, 0) is 42.9 Å². The molecule has 1 heterocycles. The van der Waals surface area contributed by atoms with E-state index in [9.17, 15) is 19.2 Å². The van der Waals surface area contributed by atoms with Crippen molar-refractivity contribution in [2.75, 3.05) is 47.9 Å². The summed E-state index contributed by atoms with van der Waals surface area (Å²) in [5.74, 6) is -1.95. The lowest BCUT2D eigenvalue weighted by Gasteiger charge is -2.24. The Bertz CT molecular complexity index is 755. The number of ether oxygens (including phenoxy) is 5. The molecule has 0 radical (unpaired) electrons. The average Bonchev–Trinajstić information content (AvgIpc) is 3.06. The van der Waals surface area contributed by atoms with Gasteiger partial charge in [0.25, 0.3) is 0 Å². The molecule has 4 atom stereocenters. The van der Waals surface area contributed by atoms with Gasteiger partial charge in [-0.2, -0.15) is 0 Å². The van der Waals surface area contributed by atoms with Crippen LogP contribution in [0.15, 0.2) is 0 Å². The molecule has 0 spiro atoms. The van der Waals surface area contributed by atoms with E-state index in [1.165, 1.54) is 0 Å². The number of esters is 4.